The number of aromatic nitrogens is 2. The lowest BCUT2D eigenvalue weighted by Gasteiger charge is -2.30. The predicted octanol–water partition coefficient (Wildman–Crippen LogP) is 1.09. The van der Waals surface area contributed by atoms with E-state index >= 15 is 0 Å². The number of nitrogens with zero attached hydrogens (tertiary/aromatic N) is 3. The zero-order chi connectivity index (χ0) is 18.1. The number of aryl methyl sites for hydroxylation is 1. The fourth-order valence-corrected chi connectivity index (χ4v) is 4.32. The fourth-order valence-electron chi connectivity index (χ4n) is 4.32. The number of urea groups is 1. The lowest BCUT2D eigenvalue weighted by atomic mass is 9.82. The van der Waals surface area contributed by atoms with Crippen molar-refractivity contribution < 1.29 is 14.4 Å². The van der Waals surface area contributed by atoms with Gasteiger partial charge in [-0.25, -0.2) is 9.78 Å². The summed E-state index contributed by atoms with van der Waals surface area (Å²) in [4.78, 5) is 42.7. The van der Waals surface area contributed by atoms with Crippen molar-refractivity contribution in [2.75, 3.05) is 6.54 Å². The van der Waals surface area contributed by atoms with E-state index in [0.717, 1.165) is 61.5 Å². The van der Waals surface area contributed by atoms with E-state index in [1.54, 1.807) is 6.20 Å². The average Bonchev–Trinajstić information content (AvgIpc) is 3.16. The second-order valence-electron chi connectivity index (χ2n) is 7.52. The fraction of sp³-hybridized carbons (Fsp3) is 0.667. The van der Waals surface area contributed by atoms with E-state index in [4.69, 9.17) is 0 Å². The van der Waals surface area contributed by atoms with Crippen LogP contribution in [-0.2, 0) is 29.1 Å². The Labute approximate surface area is 152 Å². The van der Waals surface area contributed by atoms with Gasteiger partial charge in [-0.05, 0) is 25.7 Å². The van der Waals surface area contributed by atoms with E-state index in [-0.39, 0.29) is 18.4 Å². The topological polar surface area (TPSA) is 96.3 Å². The Bertz CT molecular complexity index is 735. The lowest BCUT2D eigenvalue weighted by Crippen LogP contribution is -2.49. The highest BCUT2D eigenvalue weighted by Crippen LogP contribution is 2.33. The van der Waals surface area contributed by atoms with Gasteiger partial charge in [-0.2, -0.15) is 0 Å². The van der Waals surface area contributed by atoms with Crippen LogP contribution in [0.3, 0.4) is 0 Å². The van der Waals surface area contributed by atoms with E-state index in [0.29, 0.717) is 19.4 Å². The number of hydrogen-bond donors (Lipinski definition) is 2. The van der Waals surface area contributed by atoms with Crippen molar-refractivity contribution in [3.8, 4) is 0 Å². The van der Waals surface area contributed by atoms with Gasteiger partial charge in [0.05, 0.1) is 18.4 Å². The summed E-state index contributed by atoms with van der Waals surface area (Å²) < 4.78 is 2.15. The summed E-state index contributed by atoms with van der Waals surface area (Å²) >= 11 is 0. The molecule has 0 aromatic carbocycles. The molecule has 0 unspecified atom stereocenters. The van der Waals surface area contributed by atoms with Crippen molar-refractivity contribution in [1.82, 2.24) is 25.1 Å². The van der Waals surface area contributed by atoms with Crippen molar-refractivity contribution in [1.29, 1.82) is 0 Å². The van der Waals surface area contributed by atoms with Gasteiger partial charge in [-0.15, -0.1) is 0 Å². The zero-order valence-electron chi connectivity index (χ0n) is 14.9. The van der Waals surface area contributed by atoms with Gasteiger partial charge in [0.2, 0.25) is 5.91 Å². The third kappa shape index (κ3) is 2.97. The summed E-state index contributed by atoms with van der Waals surface area (Å²) in [5.74, 6) is 0.487. The van der Waals surface area contributed by atoms with E-state index in [1.807, 2.05) is 0 Å². The normalized spacial score (nSPS) is 21.6. The Kier molecular flexibility index (Phi) is 4.42. The maximum atomic E-state index is 12.7. The van der Waals surface area contributed by atoms with Crippen molar-refractivity contribution >= 4 is 17.8 Å². The highest BCUT2D eigenvalue weighted by molar-refractivity contribution is 6.09. The smallest absolute Gasteiger partial charge is 0.325 e. The highest BCUT2D eigenvalue weighted by Gasteiger charge is 2.51. The molecule has 0 radical (unpaired) electrons. The van der Waals surface area contributed by atoms with E-state index in [2.05, 4.69) is 20.2 Å². The minimum absolute atomic E-state index is 0.229. The van der Waals surface area contributed by atoms with Gasteiger partial charge in [0, 0.05) is 13.0 Å². The van der Waals surface area contributed by atoms with E-state index in [1.165, 1.54) is 0 Å². The molecule has 8 nitrogen and oxygen atoms in total. The molecule has 4 amide bonds. The Balaban J connectivity index is 1.35. The van der Waals surface area contributed by atoms with Gasteiger partial charge in [-0.1, -0.05) is 19.3 Å². The minimum Gasteiger partial charge on any atom is -0.349 e. The first kappa shape index (κ1) is 17.1. The van der Waals surface area contributed by atoms with Crippen LogP contribution in [0.15, 0.2) is 6.20 Å². The molecule has 3 aliphatic rings. The first-order chi connectivity index (χ1) is 12.6. The lowest BCUT2D eigenvalue weighted by molar-refractivity contribution is -0.135. The van der Waals surface area contributed by atoms with Gasteiger partial charge in [0.1, 0.15) is 17.9 Å². The molecule has 1 aliphatic carbocycles. The molecule has 0 atom stereocenters. The van der Waals surface area contributed by atoms with Gasteiger partial charge >= 0.3 is 6.03 Å². The monoisotopic (exact) mass is 359 g/mol. The quantitative estimate of drug-likeness (QED) is 0.787. The maximum Gasteiger partial charge on any atom is 0.325 e. The summed E-state index contributed by atoms with van der Waals surface area (Å²) in [5.41, 5.74) is 0.189. The number of imide groups is 1. The SMILES string of the molecule is O=C(CN1C(=O)NC2(CCCCC2)C1=O)NCc1cnc2n1CCCC2. The predicted molar refractivity (Wildman–Crippen MR) is 93.1 cm³/mol. The largest absolute Gasteiger partial charge is 0.349 e. The van der Waals surface area contributed by atoms with Crippen molar-refractivity contribution in [2.45, 2.75) is 70.0 Å². The van der Waals surface area contributed by atoms with Gasteiger partial charge < -0.3 is 15.2 Å². The number of imidazole rings is 1. The van der Waals surface area contributed by atoms with Gasteiger partial charge in [0.25, 0.3) is 5.91 Å². The molecule has 1 aromatic heterocycles. The second-order valence-corrected chi connectivity index (χ2v) is 7.52. The number of nitrogens with one attached hydrogen (secondary N) is 2. The summed E-state index contributed by atoms with van der Waals surface area (Å²) in [6, 6.07) is -0.450. The molecular formula is C18H25N5O3. The number of amides is 4. The molecular weight excluding hydrogens is 334 g/mol. The van der Waals surface area contributed by atoms with Crippen LogP contribution in [0, 0.1) is 0 Å². The number of hydrogen-bond acceptors (Lipinski definition) is 4. The minimum atomic E-state index is -0.778. The first-order valence-electron chi connectivity index (χ1n) is 9.53. The van der Waals surface area contributed by atoms with Crippen molar-refractivity contribution in [3.05, 3.63) is 17.7 Å². The standard InChI is InChI=1S/C18H25N5O3/c24-15(20-11-13-10-19-14-6-2-5-9-22(13)14)12-23-16(25)18(21-17(23)26)7-3-1-4-8-18/h10H,1-9,11-12H2,(H,20,24)(H,21,26). The summed E-state index contributed by atoms with van der Waals surface area (Å²) in [6.45, 7) is 1.06. The average molecular weight is 359 g/mol. The third-order valence-corrected chi connectivity index (χ3v) is 5.77. The van der Waals surface area contributed by atoms with Crippen molar-refractivity contribution in [2.24, 2.45) is 0 Å². The number of rotatable bonds is 4. The number of carbonyl (C=O) groups excluding carboxylic acids is 3. The van der Waals surface area contributed by atoms with Gasteiger partial charge in [-0.3, -0.25) is 14.5 Å². The molecule has 1 spiro atoms. The molecule has 1 aromatic rings. The molecule has 8 heteroatoms. The van der Waals surface area contributed by atoms with Crippen molar-refractivity contribution in [3.63, 3.8) is 0 Å². The highest BCUT2D eigenvalue weighted by atomic mass is 16.2. The zero-order valence-corrected chi connectivity index (χ0v) is 14.9. The van der Waals surface area contributed by atoms with Crippen LogP contribution in [0.1, 0.15) is 56.5 Å². The first-order valence-corrected chi connectivity index (χ1v) is 9.53. The van der Waals surface area contributed by atoms with Crippen LogP contribution >= 0.6 is 0 Å². The Morgan fingerprint density at radius 1 is 1.19 bits per heavy atom. The molecule has 2 fully saturated rings. The molecule has 3 heterocycles. The summed E-state index contributed by atoms with van der Waals surface area (Å²) in [5, 5.41) is 5.65. The van der Waals surface area contributed by atoms with Crippen LogP contribution < -0.4 is 10.6 Å². The Morgan fingerprint density at radius 3 is 2.81 bits per heavy atom. The number of carbonyl (C=O) groups is 3. The molecule has 2 aliphatic heterocycles. The summed E-state index contributed by atoms with van der Waals surface area (Å²) in [7, 11) is 0. The Hall–Kier alpha value is -2.38. The molecule has 140 valence electrons. The van der Waals surface area contributed by atoms with E-state index < -0.39 is 11.6 Å². The van der Waals surface area contributed by atoms with E-state index in [9.17, 15) is 14.4 Å². The molecule has 26 heavy (non-hydrogen) atoms. The molecule has 4 rings (SSSR count). The van der Waals surface area contributed by atoms with Crippen LogP contribution in [0.2, 0.25) is 0 Å². The van der Waals surface area contributed by atoms with Crippen LogP contribution in [0.25, 0.3) is 0 Å². The maximum absolute atomic E-state index is 12.7. The third-order valence-electron chi connectivity index (χ3n) is 5.77. The van der Waals surface area contributed by atoms with Crippen LogP contribution in [-0.4, -0.2) is 44.4 Å². The van der Waals surface area contributed by atoms with Crippen LogP contribution in [0.5, 0.6) is 0 Å². The molecule has 0 bridgehead atoms. The molecule has 1 saturated heterocycles. The van der Waals surface area contributed by atoms with Gasteiger partial charge in [0.15, 0.2) is 0 Å². The Morgan fingerprint density at radius 2 is 2.00 bits per heavy atom. The molecule has 1 saturated carbocycles. The van der Waals surface area contributed by atoms with Crippen LogP contribution in [0.4, 0.5) is 4.79 Å². The molecule has 2 N–H and O–H groups in total. The number of fused-ring (bicyclic) bond motifs is 1. The second kappa shape index (κ2) is 6.74. The summed E-state index contributed by atoms with van der Waals surface area (Å²) in [6.07, 6.45) is 9.31.